The highest BCUT2D eigenvalue weighted by Gasteiger charge is 2.61. The Bertz CT molecular complexity index is 1150. The van der Waals surface area contributed by atoms with Gasteiger partial charge in [0.2, 0.25) is 11.8 Å². The van der Waals surface area contributed by atoms with Gasteiger partial charge in [0.05, 0.1) is 0 Å². The first-order valence-electron chi connectivity index (χ1n) is 14.2. The van der Waals surface area contributed by atoms with Crippen molar-refractivity contribution in [3.05, 3.63) is 47.5 Å². The number of esters is 1. The van der Waals surface area contributed by atoms with E-state index in [2.05, 4.69) is 25.0 Å². The largest absolute Gasteiger partial charge is 0.462 e. The van der Waals surface area contributed by atoms with Gasteiger partial charge in [-0.25, -0.2) is 0 Å². The number of nitrogens with zero attached hydrogens (tertiary/aromatic N) is 2. The topological polar surface area (TPSA) is 68.2 Å². The van der Waals surface area contributed by atoms with Crippen LogP contribution in [0.2, 0.25) is 0 Å². The lowest BCUT2D eigenvalue weighted by Gasteiger charge is -2.58. The van der Waals surface area contributed by atoms with Gasteiger partial charge in [0.25, 0.3) is 0 Å². The summed E-state index contributed by atoms with van der Waals surface area (Å²) < 4.78 is 12.1. The van der Waals surface area contributed by atoms with Crippen LogP contribution in [0.3, 0.4) is 0 Å². The predicted molar refractivity (Wildman–Crippen MR) is 141 cm³/mol. The maximum absolute atomic E-state index is 12.7. The highest BCUT2D eigenvalue weighted by atomic mass is 16.5. The fourth-order valence-electron chi connectivity index (χ4n) is 9.02. The van der Waals surface area contributed by atoms with Crippen LogP contribution in [0.1, 0.15) is 84.6 Å². The molecule has 198 valence electrons. The summed E-state index contributed by atoms with van der Waals surface area (Å²) in [4.78, 5) is 24.2. The van der Waals surface area contributed by atoms with Crippen LogP contribution in [-0.4, -0.2) is 35.1 Å². The van der Waals surface area contributed by atoms with E-state index in [1.54, 1.807) is 11.9 Å². The van der Waals surface area contributed by atoms with E-state index in [9.17, 15) is 9.59 Å². The van der Waals surface area contributed by atoms with E-state index in [1.165, 1.54) is 25.3 Å². The lowest BCUT2D eigenvalue weighted by molar-refractivity contribution is -0.150. The monoisotopic (exact) mass is 504 g/mol. The number of hydrogen-bond donors (Lipinski definition) is 0. The summed E-state index contributed by atoms with van der Waals surface area (Å²) in [5.41, 5.74) is 2.77. The number of hydrazone groups is 1. The maximum atomic E-state index is 12.7. The van der Waals surface area contributed by atoms with Crippen LogP contribution in [0.15, 0.2) is 47.1 Å². The molecule has 3 saturated carbocycles. The minimum Gasteiger partial charge on any atom is -0.462 e. The molecule has 0 radical (unpaired) electrons. The average molecular weight is 505 g/mol. The number of allylic oxidation sites excluding steroid dienone is 1. The zero-order chi connectivity index (χ0) is 25.9. The Hall–Kier alpha value is -2.63. The molecule has 0 unspecified atom stereocenters. The Morgan fingerprint density at radius 1 is 1.00 bits per heavy atom. The van der Waals surface area contributed by atoms with Crippen molar-refractivity contribution >= 4 is 17.8 Å². The Kier molecular flexibility index (Phi) is 6.00. The van der Waals surface area contributed by atoms with Crippen LogP contribution in [0.4, 0.5) is 0 Å². The molecule has 6 nitrogen and oxygen atoms in total. The molecule has 6 heteroatoms. The summed E-state index contributed by atoms with van der Waals surface area (Å²) >= 11 is 0. The Morgan fingerprint density at radius 3 is 2.49 bits per heavy atom. The van der Waals surface area contributed by atoms with E-state index in [1.807, 2.05) is 30.3 Å². The van der Waals surface area contributed by atoms with Crippen LogP contribution in [-0.2, 0) is 19.1 Å². The molecule has 4 aliphatic carbocycles. The Balaban J connectivity index is 1.24. The molecule has 1 aromatic carbocycles. The average Bonchev–Trinajstić information content (AvgIpc) is 3.46. The summed E-state index contributed by atoms with van der Waals surface area (Å²) in [7, 11) is 0. The van der Waals surface area contributed by atoms with E-state index in [-0.39, 0.29) is 41.0 Å². The van der Waals surface area contributed by atoms with Crippen molar-refractivity contribution in [1.29, 1.82) is 0 Å². The van der Waals surface area contributed by atoms with Gasteiger partial charge >= 0.3 is 5.97 Å². The Morgan fingerprint density at radius 2 is 1.76 bits per heavy atom. The zero-order valence-electron chi connectivity index (χ0n) is 22.6. The number of carbonyl (C=O) groups excluding carboxylic acids is 2. The van der Waals surface area contributed by atoms with E-state index in [0.29, 0.717) is 23.7 Å². The molecule has 0 N–H and O–H groups in total. The highest BCUT2D eigenvalue weighted by molar-refractivity contribution is 5.96. The molecule has 1 amide bonds. The van der Waals surface area contributed by atoms with Gasteiger partial charge in [-0.05, 0) is 85.7 Å². The number of carbonyl (C=O) groups is 2. The van der Waals surface area contributed by atoms with Crippen molar-refractivity contribution in [2.75, 3.05) is 0 Å². The van der Waals surface area contributed by atoms with Gasteiger partial charge in [-0.2, -0.15) is 5.01 Å². The van der Waals surface area contributed by atoms with Crippen LogP contribution < -0.4 is 0 Å². The van der Waals surface area contributed by atoms with E-state index < -0.39 is 0 Å². The molecule has 6 rings (SSSR count). The van der Waals surface area contributed by atoms with E-state index in [4.69, 9.17) is 9.47 Å². The molecular weight excluding hydrogens is 464 g/mol. The van der Waals surface area contributed by atoms with Gasteiger partial charge in [0.15, 0.2) is 6.23 Å². The lowest BCUT2D eigenvalue weighted by atomic mass is 9.47. The smallest absolute Gasteiger partial charge is 0.302 e. The third kappa shape index (κ3) is 3.93. The molecule has 0 aromatic heterocycles. The summed E-state index contributed by atoms with van der Waals surface area (Å²) in [6.45, 7) is 8.06. The highest BCUT2D eigenvalue weighted by Crippen LogP contribution is 2.67. The van der Waals surface area contributed by atoms with Crippen LogP contribution >= 0.6 is 0 Å². The fraction of sp³-hybridized carbons (Fsp3) is 0.645. The van der Waals surface area contributed by atoms with Crippen LogP contribution in [0.25, 0.3) is 0 Å². The van der Waals surface area contributed by atoms with Crippen LogP contribution in [0, 0.1) is 34.5 Å². The first kappa shape index (κ1) is 24.7. The molecule has 0 bridgehead atoms. The zero-order valence-corrected chi connectivity index (χ0v) is 22.6. The summed E-state index contributed by atoms with van der Waals surface area (Å²) in [6.07, 6.45) is 10.9. The van der Waals surface area contributed by atoms with Gasteiger partial charge in [-0.15, -0.1) is 5.10 Å². The van der Waals surface area contributed by atoms with Crippen LogP contribution in [0.5, 0.6) is 0 Å². The molecule has 1 aromatic rings. The minimum atomic E-state index is -0.330. The normalized spacial score (nSPS) is 40.5. The summed E-state index contributed by atoms with van der Waals surface area (Å²) in [5, 5.41) is 6.27. The molecule has 8 atom stereocenters. The molecule has 3 fully saturated rings. The second kappa shape index (κ2) is 8.99. The van der Waals surface area contributed by atoms with E-state index >= 15 is 0 Å². The minimum absolute atomic E-state index is 0.0361. The second-order valence-corrected chi connectivity index (χ2v) is 12.6. The van der Waals surface area contributed by atoms with Crippen molar-refractivity contribution in [2.45, 2.75) is 91.4 Å². The molecule has 1 aliphatic heterocycles. The number of fused-ring (bicyclic) bond motifs is 5. The summed E-state index contributed by atoms with van der Waals surface area (Å²) in [6, 6.07) is 9.92. The molecule has 5 aliphatic rings. The number of amides is 1. The van der Waals surface area contributed by atoms with Gasteiger partial charge < -0.3 is 9.47 Å². The van der Waals surface area contributed by atoms with Gasteiger partial charge in [0, 0.05) is 31.7 Å². The van der Waals surface area contributed by atoms with Crippen molar-refractivity contribution in [3.63, 3.8) is 0 Å². The predicted octanol–water partition coefficient (Wildman–Crippen LogP) is 6.06. The van der Waals surface area contributed by atoms with Gasteiger partial charge in [-0.1, -0.05) is 43.7 Å². The SMILES string of the molecule is CC(=O)O[C@H]1CC[C@@]2(C)C(=CC[C@H]3[C@@H]4CC[C@H]([C@H]5OC(c6ccccc6)=NN5C(C)=O)[C@@]4(C)CC[C@@H]32)C1. The molecule has 37 heavy (non-hydrogen) atoms. The maximum Gasteiger partial charge on any atom is 0.302 e. The standard InChI is InChI=1S/C31H40N2O4/c1-19(34)33-29(37-28(32-33)21-8-6-5-7-9-21)27-13-12-25-24-11-10-22-18-23(36-20(2)35)14-16-30(22,3)26(24)15-17-31(25,27)4/h5-10,23-27,29H,11-18H2,1-4H3/t23-,24-,25-,26-,27+,29+,30-,31-/m0/s1. The van der Waals surface area contributed by atoms with Gasteiger partial charge in [-0.3, -0.25) is 9.59 Å². The van der Waals surface area contributed by atoms with Crippen molar-refractivity contribution < 1.29 is 19.1 Å². The Labute approximate surface area is 220 Å². The van der Waals surface area contributed by atoms with Gasteiger partial charge in [0.1, 0.15) is 6.10 Å². The molecule has 0 spiro atoms. The van der Waals surface area contributed by atoms with Crippen molar-refractivity contribution in [3.8, 4) is 0 Å². The number of hydrogen-bond acceptors (Lipinski definition) is 5. The molecule has 1 heterocycles. The first-order valence-corrected chi connectivity index (χ1v) is 14.2. The molecular formula is C31H40N2O4. The number of rotatable bonds is 3. The molecule has 0 saturated heterocycles. The third-order valence-electron chi connectivity index (χ3n) is 10.8. The fourth-order valence-corrected chi connectivity index (χ4v) is 9.02. The first-order chi connectivity index (χ1) is 17.7. The third-order valence-corrected chi connectivity index (χ3v) is 10.8. The second-order valence-electron chi connectivity index (χ2n) is 12.6. The number of ether oxygens (including phenoxy) is 2. The number of benzene rings is 1. The van der Waals surface area contributed by atoms with Crippen molar-refractivity contribution in [1.82, 2.24) is 5.01 Å². The quantitative estimate of drug-likeness (QED) is 0.370. The lowest BCUT2D eigenvalue weighted by Crippen LogP contribution is -2.53. The van der Waals surface area contributed by atoms with Crippen molar-refractivity contribution in [2.24, 2.45) is 39.6 Å². The van der Waals surface area contributed by atoms with E-state index in [0.717, 1.165) is 44.1 Å². The summed E-state index contributed by atoms with van der Waals surface area (Å²) in [5.74, 6) is 2.56.